The van der Waals surface area contributed by atoms with Crippen LogP contribution in [0.15, 0.2) is 24.3 Å². The Balaban J connectivity index is 1.54. The zero-order valence-corrected chi connectivity index (χ0v) is 13.0. The third-order valence-electron chi connectivity index (χ3n) is 4.86. The fourth-order valence-corrected chi connectivity index (χ4v) is 3.54. The molecule has 1 aromatic carbocycles. The van der Waals surface area contributed by atoms with Gasteiger partial charge in [-0.15, -0.1) is 0 Å². The lowest BCUT2D eigenvalue weighted by molar-refractivity contribution is -0.126. The lowest BCUT2D eigenvalue weighted by Gasteiger charge is -2.32. The topological polar surface area (TPSA) is 58.6 Å². The second-order valence-corrected chi connectivity index (χ2v) is 6.57. The van der Waals surface area contributed by atoms with Crippen molar-refractivity contribution in [2.24, 2.45) is 0 Å². The summed E-state index contributed by atoms with van der Waals surface area (Å²) in [5.41, 5.74) is 1.69. The predicted octanol–water partition coefficient (Wildman–Crippen LogP) is 2.50. The first-order chi connectivity index (χ1) is 10.7. The maximum atomic E-state index is 12.2. The summed E-state index contributed by atoms with van der Waals surface area (Å²) < 4.78 is 5.77. The first kappa shape index (κ1) is 15.5. The van der Waals surface area contributed by atoms with Gasteiger partial charge in [-0.1, -0.05) is 43.5 Å². The van der Waals surface area contributed by atoms with Gasteiger partial charge in [0.1, 0.15) is 0 Å². The molecule has 0 saturated heterocycles. The number of ether oxygens (including phenoxy) is 1. The Bertz CT molecular complexity index is 523. The monoisotopic (exact) mass is 303 g/mol. The number of hydrogen-bond acceptors (Lipinski definition) is 3. The fraction of sp³-hybridized carbons (Fsp3) is 0.611. The molecule has 22 heavy (non-hydrogen) atoms. The second kappa shape index (κ2) is 6.80. The third kappa shape index (κ3) is 3.68. The molecule has 0 bridgehead atoms. The van der Waals surface area contributed by atoms with Crippen LogP contribution in [0.2, 0.25) is 0 Å². The van der Waals surface area contributed by atoms with Crippen LogP contribution < -0.4 is 5.32 Å². The number of carbonyl (C=O) groups excluding carboxylic acids is 1. The molecule has 1 unspecified atom stereocenters. The van der Waals surface area contributed by atoms with Gasteiger partial charge in [0.15, 0.2) is 0 Å². The number of carbonyl (C=O) groups is 1. The molecular formula is C18H25NO3. The smallest absolute Gasteiger partial charge is 0.223 e. The number of nitrogens with one attached hydrogen (secondary N) is 1. The van der Waals surface area contributed by atoms with E-state index in [0.29, 0.717) is 19.6 Å². The average Bonchev–Trinajstić information content (AvgIpc) is 2.54. The van der Waals surface area contributed by atoms with Crippen LogP contribution in [0.3, 0.4) is 0 Å². The third-order valence-corrected chi connectivity index (χ3v) is 4.86. The van der Waals surface area contributed by atoms with Crippen LogP contribution in [0.1, 0.15) is 55.8 Å². The quantitative estimate of drug-likeness (QED) is 0.898. The van der Waals surface area contributed by atoms with Crippen LogP contribution >= 0.6 is 0 Å². The van der Waals surface area contributed by atoms with Crippen molar-refractivity contribution in [3.63, 3.8) is 0 Å². The minimum atomic E-state index is -0.709. The lowest BCUT2D eigenvalue weighted by atomic mass is 9.85. The molecule has 1 heterocycles. The average molecular weight is 303 g/mol. The zero-order valence-electron chi connectivity index (χ0n) is 13.0. The van der Waals surface area contributed by atoms with Gasteiger partial charge in [-0.2, -0.15) is 0 Å². The molecule has 1 aliphatic heterocycles. The highest BCUT2D eigenvalue weighted by molar-refractivity contribution is 5.76. The highest BCUT2D eigenvalue weighted by Gasteiger charge is 2.30. The minimum Gasteiger partial charge on any atom is -0.388 e. The molecule has 2 N–H and O–H groups in total. The molecule has 4 heteroatoms. The van der Waals surface area contributed by atoms with Crippen LogP contribution in [0.25, 0.3) is 0 Å². The molecule has 0 aromatic heterocycles. The number of hydrogen-bond donors (Lipinski definition) is 2. The molecule has 1 aromatic rings. The highest BCUT2D eigenvalue weighted by Crippen LogP contribution is 2.30. The molecule has 4 nitrogen and oxygen atoms in total. The van der Waals surface area contributed by atoms with Gasteiger partial charge in [-0.3, -0.25) is 4.79 Å². The Morgan fingerprint density at radius 2 is 2.05 bits per heavy atom. The van der Waals surface area contributed by atoms with Crippen molar-refractivity contribution in [2.45, 2.75) is 56.7 Å². The van der Waals surface area contributed by atoms with E-state index < -0.39 is 5.60 Å². The van der Waals surface area contributed by atoms with Gasteiger partial charge in [-0.25, -0.2) is 0 Å². The van der Waals surface area contributed by atoms with Gasteiger partial charge in [-0.05, 0) is 30.4 Å². The summed E-state index contributed by atoms with van der Waals surface area (Å²) in [6, 6.07) is 8.16. The summed E-state index contributed by atoms with van der Waals surface area (Å²) in [6.07, 6.45) is 5.93. The van der Waals surface area contributed by atoms with Crippen molar-refractivity contribution in [1.29, 1.82) is 0 Å². The Hall–Kier alpha value is -1.39. The zero-order chi connectivity index (χ0) is 15.4. The number of benzene rings is 1. The van der Waals surface area contributed by atoms with Crippen molar-refractivity contribution in [1.82, 2.24) is 5.32 Å². The minimum absolute atomic E-state index is 0.0410. The summed E-state index contributed by atoms with van der Waals surface area (Å²) in [4.78, 5) is 12.2. The summed E-state index contributed by atoms with van der Waals surface area (Å²) in [7, 11) is 0. The molecule has 1 amide bonds. The van der Waals surface area contributed by atoms with Crippen molar-refractivity contribution in [3.8, 4) is 0 Å². The number of amides is 1. The van der Waals surface area contributed by atoms with E-state index in [4.69, 9.17) is 4.74 Å². The van der Waals surface area contributed by atoms with E-state index in [-0.39, 0.29) is 12.0 Å². The summed E-state index contributed by atoms with van der Waals surface area (Å²) >= 11 is 0. The summed E-state index contributed by atoms with van der Waals surface area (Å²) in [6.45, 7) is 1.03. The van der Waals surface area contributed by atoms with E-state index in [1.54, 1.807) is 0 Å². The fourth-order valence-electron chi connectivity index (χ4n) is 3.54. The van der Waals surface area contributed by atoms with Gasteiger partial charge in [0.2, 0.25) is 5.91 Å². The standard InChI is InChI=1S/C18H25NO3/c20-17(19-13-18(21)9-4-1-5-10-18)12-16-15-7-3-2-6-14(15)8-11-22-16/h2-3,6-7,16,21H,1,4-5,8-13H2,(H,19,20). The molecule has 2 aliphatic rings. The van der Waals surface area contributed by atoms with Gasteiger partial charge in [0.25, 0.3) is 0 Å². The normalized spacial score (nSPS) is 23.6. The molecular weight excluding hydrogens is 278 g/mol. The largest absolute Gasteiger partial charge is 0.388 e. The number of rotatable bonds is 4. The van der Waals surface area contributed by atoms with E-state index in [0.717, 1.165) is 37.7 Å². The molecule has 0 radical (unpaired) electrons. The molecule has 120 valence electrons. The molecule has 3 rings (SSSR count). The second-order valence-electron chi connectivity index (χ2n) is 6.57. The Morgan fingerprint density at radius 3 is 2.86 bits per heavy atom. The van der Waals surface area contributed by atoms with Crippen LogP contribution in [0.4, 0.5) is 0 Å². The molecule has 1 atom stereocenters. The van der Waals surface area contributed by atoms with E-state index in [9.17, 15) is 9.90 Å². The van der Waals surface area contributed by atoms with Gasteiger partial charge in [0.05, 0.1) is 24.7 Å². The van der Waals surface area contributed by atoms with Crippen molar-refractivity contribution < 1.29 is 14.6 Å². The first-order valence-corrected chi connectivity index (χ1v) is 8.35. The highest BCUT2D eigenvalue weighted by atomic mass is 16.5. The maximum absolute atomic E-state index is 12.2. The number of fused-ring (bicyclic) bond motifs is 1. The van der Waals surface area contributed by atoms with Gasteiger partial charge >= 0.3 is 0 Å². The van der Waals surface area contributed by atoms with E-state index in [1.165, 1.54) is 12.0 Å². The van der Waals surface area contributed by atoms with Crippen LogP contribution in [-0.4, -0.2) is 29.8 Å². The van der Waals surface area contributed by atoms with Crippen molar-refractivity contribution >= 4 is 5.91 Å². The van der Waals surface area contributed by atoms with E-state index in [2.05, 4.69) is 11.4 Å². The SMILES string of the molecule is O=C(CC1OCCc2ccccc21)NCC1(O)CCCCC1. The van der Waals surface area contributed by atoms with Crippen LogP contribution in [0, 0.1) is 0 Å². The van der Waals surface area contributed by atoms with E-state index >= 15 is 0 Å². The summed E-state index contributed by atoms with van der Waals surface area (Å²) in [5, 5.41) is 13.3. The molecule has 1 aliphatic carbocycles. The lowest BCUT2D eigenvalue weighted by Crippen LogP contribution is -2.44. The Kier molecular flexibility index (Phi) is 4.79. The molecule has 1 fully saturated rings. The van der Waals surface area contributed by atoms with Crippen LogP contribution in [-0.2, 0) is 16.0 Å². The number of aliphatic hydroxyl groups is 1. The van der Waals surface area contributed by atoms with E-state index in [1.807, 2.05) is 18.2 Å². The predicted molar refractivity (Wildman–Crippen MR) is 84.5 cm³/mol. The molecule has 1 saturated carbocycles. The Morgan fingerprint density at radius 1 is 1.27 bits per heavy atom. The summed E-state index contributed by atoms with van der Waals surface area (Å²) in [5.74, 6) is -0.0410. The van der Waals surface area contributed by atoms with Gasteiger partial charge < -0.3 is 15.2 Å². The van der Waals surface area contributed by atoms with Crippen molar-refractivity contribution in [2.75, 3.05) is 13.2 Å². The molecule has 0 spiro atoms. The maximum Gasteiger partial charge on any atom is 0.223 e. The van der Waals surface area contributed by atoms with Gasteiger partial charge in [0, 0.05) is 6.54 Å². The Labute approximate surface area is 131 Å². The first-order valence-electron chi connectivity index (χ1n) is 8.35. The van der Waals surface area contributed by atoms with Crippen molar-refractivity contribution in [3.05, 3.63) is 35.4 Å². The van der Waals surface area contributed by atoms with Crippen LogP contribution in [0.5, 0.6) is 0 Å².